The van der Waals surface area contributed by atoms with E-state index in [2.05, 4.69) is 16.9 Å². The third-order valence-corrected chi connectivity index (χ3v) is 5.35. The predicted octanol–water partition coefficient (Wildman–Crippen LogP) is 2.71. The molecule has 0 amide bonds. The van der Waals surface area contributed by atoms with Crippen molar-refractivity contribution in [1.82, 2.24) is 19.7 Å². The number of aromatic nitrogens is 4. The molecular weight excluding hydrogens is 352 g/mol. The number of ether oxygens (including phenoxy) is 1. The van der Waals surface area contributed by atoms with Gasteiger partial charge in [-0.3, -0.25) is 4.68 Å². The van der Waals surface area contributed by atoms with Gasteiger partial charge in [-0.1, -0.05) is 12.1 Å². The van der Waals surface area contributed by atoms with Crippen LogP contribution in [0.25, 0.3) is 22.5 Å². The summed E-state index contributed by atoms with van der Waals surface area (Å²) < 4.78 is 7.29. The molecule has 0 bridgehead atoms. The molecule has 7 nitrogen and oxygen atoms in total. The molecule has 2 N–H and O–H groups in total. The topological polar surface area (TPSA) is 82.1 Å². The van der Waals surface area contributed by atoms with Crippen LogP contribution in [-0.4, -0.2) is 46.0 Å². The maximum absolute atomic E-state index is 6.12. The highest BCUT2D eigenvalue weighted by Crippen LogP contribution is 2.32. The average molecular weight is 378 g/mol. The van der Waals surface area contributed by atoms with Crippen molar-refractivity contribution in [1.29, 1.82) is 0 Å². The Hall–Kier alpha value is -2.93. The van der Waals surface area contributed by atoms with Gasteiger partial charge in [0.25, 0.3) is 0 Å². The fourth-order valence-electron chi connectivity index (χ4n) is 3.75. The summed E-state index contributed by atoms with van der Waals surface area (Å²) in [7, 11) is 3.63. The SMILES string of the molecule is COc1cccc(-c2cc(-c3c(C)nn(C)c3C)nc(N3CCC(N)C3)n2)c1. The molecule has 1 unspecified atom stereocenters. The molecule has 1 aliphatic heterocycles. The lowest BCUT2D eigenvalue weighted by atomic mass is 10.1. The van der Waals surface area contributed by atoms with Gasteiger partial charge in [0.05, 0.1) is 24.2 Å². The second-order valence-electron chi connectivity index (χ2n) is 7.33. The first-order valence-corrected chi connectivity index (χ1v) is 9.51. The molecule has 1 saturated heterocycles. The van der Waals surface area contributed by atoms with Crippen LogP contribution < -0.4 is 15.4 Å². The number of benzene rings is 1. The summed E-state index contributed by atoms with van der Waals surface area (Å²) in [6.45, 7) is 5.72. The maximum atomic E-state index is 6.12. The summed E-state index contributed by atoms with van der Waals surface area (Å²) in [6.07, 6.45) is 0.951. The molecule has 0 spiro atoms. The van der Waals surface area contributed by atoms with Crippen molar-refractivity contribution in [2.24, 2.45) is 12.8 Å². The number of nitrogens with two attached hydrogens (primary N) is 1. The predicted molar refractivity (Wildman–Crippen MR) is 111 cm³/mol. The van der Waals surface area contributed by atoms with Crippen LogP contribution >= 0.6 is 0 Å². The second kappa shape index (κ2) is 7.24. The standard InChI is InChI=1S/C21H26N6O/c1-13-20(14(2)26(3)25-13)19-11-18(15-6-5-7-17(10-15)28-4)23-21(24-19)27-9-8-16(22)12-27/h5-7,10-11,16H,8-9,12,22H2,1-4H3. The fraction of sp³-hybridized carbons (Fsp3) is 0.381. The molecule has 1 aromatic carbocycles. The van der Waals surface area contributed by atoms with Crippen LogP contribution in [0.4, 0.5) is 5.95 Å². The van der Waals surface area contributed by atoms with Gasteiger partial charge >= 0.3 is 0 Å². The number of rotatable bonds is 4. The van der Waals surface area contributed by atoms with E-state index in [0.717, 1.165) is 59.2 Å². The number of methoxy groups -OCH3 is 1. The zero-order chi connectivity index (χ0) is 19.8. The lowest BCUT2D eigenvalue weighted by Gasteiger charge is -2.18. The lowest BCUT2D eigenvalue weighted by Crippen LogP contribution is -2.27. The highest BCUT2D eigenvalue weighted by Gasteiger charge is 2.24. The number of anilines is 1. The molecule has 1 fully saturated rings. The van der Waals surface area contributed by atoms with Crippen molar-refractivity contribution in [3.05, 3.63) is 41.7 Å². The van der Waals surface area contributed by atoms with E-state index in [0.29, 0.717) is 5.95 Å². The van der Waals surface area contributed by atoms with Crippen molar-refractivity contribution in [3.8, 4) is 28.3 Å². The molecule has 4 rings (SSSR count). The van der Waals surface area contributed by atoms with Gasteiger partial charge in [-0.05, 0) is 38.5 Å². The molecule has 0 aliphatic carbocycles. The molecule has 2 aromatic heterocycles. The Kier molecular flexibility index (Phi) is 4.77. The van der Waals surface area contributed by atoms with E-state index in [-0.39, 0.29) is 6.04 Å². The van der Waals surface area contributed by atoms with E-state index in [1.165, 1.54) is 0 Å². The van der Waals surface area contributed by atoms with E-state index in [9.17, 15) is 0 Å². The summed E-state index contributed by atoms with van der Waals surface area (Å²) in [5.41, 5.74) is 12.0. The number of nitrogens with zero attached hydrogens (tertiary/aromatic N) is 5. The lowest BCUT2D eigenvalue weighted by molar-refractivity contribution is 0.415. The fourth-order valence-corrected chi connectivity index (χ4v) is 3.75. The average Bonchev–Trinajstić information content (AvgIpc) is 3.24. The van der Waals surface area contributed by atoms with Crippen molar-refractivity contribution in [2.45, 2.75) is 26.3 Å². The Balaban J connectivity index is 1.88. The van der Waals surface area contributed by atoms with E-state index in [1.54, 1.807) is 7.11 Å². The van der Waals surface area contributed by atoms with E-state index in [1.807, 2.05) is 49.0 Å². The number of hydrogen-bond donors (Lipinski definition) is 1. The molecule has 3 aromatic rings. The Bertz CT molecular complexity index is 1010. The Labute approximate surface area is 165 Å². The summed E-state index contributed by atoms with van der Waals surface area (Å²) in [5, 5.41) is 4.56. The summed E-state index contributed by atoms with van der Waals surface area (Å²) in [5.74, 6) is 1.52. The first kappa shape index (κ1) is 18.4. The molecule has 1 atom stereocenters. The van der Waals surface area contributed by atoms with Crippen molar-refractivity contribution < 1.29 is 4.74 Å². The van der Waals surface area contributed by atoms with Crippen molar-refractivity contribution >= 4 is 5.95 Å². The molecule has 28 heavy (non-hydrogen) atoms. The second-order valence-corrected chi connectivity index (χ2v) is 7.33. The maximum Gasteiger partial charge on any atom is 0.226 e. The van der Waals surface area contributed by atoms with Crippen LogP contribution in [0.1, 0.15) is 17.8 Å². The van der Waals surface area contributed by atoms with Gasteiger partial charge in [0.1, 0.15) is 5.75 Å². The highest BCUT2D eigenvalue weighted by atomic mass is 16.5. The Morgan fingerprint density at radius 3 is 2.57 bits per heavy atom. The van der Waals surface area contributed by atoms with E-state index < -0.39 is 0 Å². The molecule has 1 aliphatic rings. The van der Waals surface area contributed by atoms with Crippen LogP contribution in [0.3, 0.4) is 0 Å². The summed E-state index contributed by atoms with van der Waals surface area (Å²) in [4.78, 5) is 11.9. The largest absolute Gasteiger partial charge is 0.497 e. The zero-order valence-electron chi connectivity index (χ0n) is 16.8. The molecule has 3 heterocycles. The van der Waals surface area contributed by atoms with Gasteiger partial charge < -0.3 is 15.4 Å². The first-order valence-electron chi connectivity index (χ1n) is 9.51. The van der Waals surface area contributed by atoms with Crippen LogP contribution in [0.2, 0.25) is 0 Å². The van der Waals surface area contributed by atoms with E-state index >= 15 is 0 Å². The van der Waals surface area contributed by atoms with Crippen molar-refractivity contribution in [2.75, 3.05) is 25.1 Å². The molecule has 0 saturated carbocycles. The van der Waals surface area contributed by atoms with Crippen LogP contribution in [0.5, 0.6) is 5.75 Å². The van der Waals surface area contributed by atoms with Crippen LogP contribution in [0, 0.1) is 13.8 Å². The van der Waals surface area contributed by atoms with Gasteiger partial charge in [0, 0.05) is 43.0 Å². The summed E-state index contributed by atoms with van der Waals surface area (Å²) in [6, 6.07) is 10.1. The molecule has 7 heteroatoms. The Morgan fingerprint density at radius 1 is 1.14 bits per heavy atom. The molecule has 0 radical (unpaired) electrons. The Morgan fingerprint density at radius 2 is 1.93 bits per heavy atom. The summed E-state index contributed by atoms with van der Waals surface area (Å²) >= 11 is 0. The minimum absolute atomic E-state index is 0.161. The number of hydrogen-bond acceptors (Lipinski definition) is 6. The third kappa shape index (κ3) is 3.33. The normalized spacial score (nSPS) is 16.6. The molecule has 146 valence electrons. The zero-order valence-corrected chi connectivity index (χ0v) is 16.8. The van der Waals surface area contributed by atoms with Gasteiger partial charge in [0.2, 0.25) is 5.95 Å². The first-order chi connectivity index (χ1) is 13.5. The van der Waals surface area contributed by atoms with E-state index in [4.69, 9.17) is 20.4 Å². The van der Waals surface area contributed by atoms with Crippen molar-refractivity contribution in [3.63, 3.8) is 0 Å². The van der Waals surface area contributed by atoms with Crippen LogP contribution in [-0.2, 0) is 7.05 Å². The smallest absolute Gasteiger partial charge is 0.226 e. The van der Waals surface area contributed by atoms with Crippen LogP contribution in [0.15, 0.2) is 30.3 Å². The van der Waals surface area contributed by atoms with Gasteiger partial charge in [0.15, 0.2) is 0 Å². The van der Waals surface area contributed by atoms with Gasteiger partial charge in [-0.25, -0.2) is 9.97 Å². The van der Waals surface area contributed by atoms with Gasteiger partial charge in [-0.15, -0.1) is 0 Å². The monoisotopic (exact) mass is 378 g/mol. The van der Waals surface area contributed by atoms with Gasteiger partial charge in [-0.2, -0.15) is 5.10 Å². The molecular formula is C21H26N6O. The minimum atomic E-state index is 0.161. The number of aryl methyl sites for hydroxylation is 2. The highest BCUT2D eigenvalue weighted by molar-refractivity contribution is 5.73. The quantitative estimate of drug-likeness (QED) is 0.752. The minimum Gasteiger partial charge on any atom is -0.497 e. The third-order valence-electron chi connectivity index (χ3n) is 5.35.